The molecule has 0 atom stereocenters. The number of carbonyl (C=O) groups excluding carboxylic acids is 2. The van der Waals surface area contributed by atoms with Gasteiger partial charge in [0.1, 0.15) is 0 Å². The van der Waals surface area contributed by atoms with E-state index in [2.05, 4.69) is 5.32 Å². The van der Waals surface area contributed by atoms with Crippen LogP contribution in [0.5, 0.6) is 0 Å². The maximum Gasteiger partial charge on any atom is 0.257 e. The number of hydrogen-bond acceptors (Lipinski definition) is 4. The first-order valence-electron chi connectivity index (χ1n) is 7.79. The van der Waals surface area contributed by atoms with E-state index in [1.165, 1.54) is 0 Å². The first-order valence-corrected chi connectivity index (χ1v) is 7.79. The van der Waals surface area contributed by atoms with Crippen LogP contribution < -0.4 is 11.1 Å². The number of carbonyl (C=O) groups is 2. The van der Waals surface area contributed by atoms with Crippen LogP contribution in [-0.4, -0.2) is 43.0 Å². The number of morpholine rings is 1. The van der Waals surface area contributed by atoms with E-state index in [1.807, 2.05) is 0 Å². The molecule has 1 heterocycles. The van der Waals surface area contributed by atoms with Crippen molar-refractivity contribution in [2.45, 2.75) is 0 Å². The molecule has 3 N–H and O–H groups in total. The van der Waals surface area contributed by atoms with E-state index in [-0.39, 0.29) is 11.8 Å². The van der Waals surface area contributed by atoms with Gasteiger partial charge in [-0.05, 0) is 24.3 Å². The van der Waals surface area contributed by atoms with Crippen LogP contribution in [0.15, 0.2) is 48.5 Å². The van der Waals surface area contributed by atoms with Crippen molar-refractivity contribution in [2.24, 2.45) is 0 Å². The fraction of sp³-hybridized carbons (Fsp3) is 0.222. The summed E-state index contributed by atoms with van der Waals surface area (Å²) >= 11 is 0. The van der Waals surface area contributed by atoms with Crippen LogP contribution in [-0.2, 0) is 4.74 Å². The quantitative estimate of drug-likeness (QED) is 0.845. The van der Waals surface area contributed by atoms with Crippen molar-refractivity contribution < 1.29 is 14.3 Å². The Balaban J connectivity index is 1.83. The number of ether oxygens (including phenoxy) is 1. The molecule has 0 aliphatic carbocycles. The first-order chi connectivity index (χ1) is 11.7. The molecule has 1 aliphatic rings. The van der Waals surface area contributed by atoms with E-state index in [9.17, 15) is 9.59 Å². The van der Waals surface area contributed by atoms with Crippen LogP contribution in [0.3, 0.4) is 0 Å². The Bertz CT molecular complexity index is 755. The average molecular weight is 325 g/mol. The van der Waals surface area contributed by atoms with Crippen LogP contribution in [0.4, 0.5) is 11.4 Å². The van der Waals surface area contributed by atoms with Gasteiger partial charge in [-0.3, -0.25) is 9.59 Å². The highest BCUT2D eigenvalue weighted by Gasteiger charge is 2.22. The summed E-state index contributed by atoms with van der Waals surface area (Å²) in [6, 6.07) is 13.8. The molecule has 2 aromatic rings. The van der Waals surface area contributed by atoms with E-state index in [1.54, 1.807) is 53.4 Å². The van der Waals surface area contributed by atoms with Gasteiger partial charge in [0.25, 0.3) is 11.8 Å². The lowest BCUT2D eigenvalue weighted by Gasteiger charge is -2.27. The van der Waals surface area contributed by atoms with Gasteiger partial charge < -0.3 is 20.7 Å². The standard InChI is InChI=1S/C18H19N3O3/c19-15-7-3-1-5-13(15)17(22)20-16-8-4-2-6-14(16)18(23)21-9-11-24-12-10-21/h1-8H,9-12,19H2,(H,20,22). The van der Waals surface area contributed by atoms with Gasteiger partial charge >= 0.3 is 0 Å². The van der Waals surface area contributed by atoms with Gasteiger partial charge in [-0.25, -0.2) is 0 Å². The van der Waals surface area contributed by atoms with Crippen molar-refractivity contribution >= 4 is 23.2 Å². The second kappa shape index (κ2) is 7.14. The number of benzene rings is 2. The molecule has 6 heteroatoms. The predicted molar refractivity (Wildman–Crippen MR) is 92.0 cm³/mol. The Morgan fingerprint density at radius 2 is 1.58 bits per heavy atom. The molecule has 2 aromatic carbocycles. The van der Waals surface area contributed by atoms with Gasteiger partial charge in [-0.2, -0.15) is 0 Å². The lowest BCUT2D eigenvalue weighted by atomic mass is 10.1. The lowest BCUT2D eigenvalue weighted by molar-refractivity contribution is 0.0303. The van der Waals surface area contributed by atoms with Gasteiger partial charge in [-0.1, -0.05) is 24.3 Å². The van der Waals surface area contributed by atoms with Crippen LogP contribution in [0.1, 0.15) is 20.7 Å². The molecule has 3 rings (SSSR count). The molecule has 2 amide bonds. The van der Waals surface area contributed by atoms with E-state index >= 15 is 0 Å². The highest BCUT2D eigenvalue weighted by molar-refractivity contribution is 6.11. The SMILES string of the molecule is Nc1ccccc1C(=O)Nc1ccccc1C(=O)N1CCOCC1. The molecular weight excluding hydrogens is 306 g/mol. The van der Waals surface area contributed by atoms with Gasteiger partial charge in [0.05, 0.1) is 30.0 Å². The third-order valence-corrected chi connectivity index (χ3v) is 3.91. The van der Waals surface area contributed by atoms with Crippen molar-refractivity contribution in [3.05, 3.63) is 59.7 Å². The van der Waals surface area contributed by atoms with Crippen LogP contribution in [0.25, 0.3) is 0 Å². The number of rotatable bonds is 3. The summed E-state index contributed by atoms with van der Waals surface area (Å²) in [4.78, 5) is 26.9. The van der Waals surface area contributed by atoms with Gasteiger partial charge in [0.2, 0.25) is 0 Å². The summed E-state index contributed by atoms with van der Waals surface area (Å²) in [5, 5.41) is 2.79. The van der Waals surface area contributed by atoms with Gasteiger partial charge in [-0.15, -0.1) is 0 Å². The Hall–Kier alpha value is -2.86. The number of amides is 2. The number of anilines is 2. The first kappa shape index (κ1) is 16.0. The van der Waals surface area contributed by atoms with Crippen molar-refractivity contribution in [1.82, 2.24) is 4.90 Å². The zero-order valence-electron chi connectivity index (χ0n) is 13.2. The molecule has 0 unspecified atom stereocenters. The number of para-hydroxylation sites is 2. The Kier molecular flexibility index (Phi) is 4.77. The largest absolute Gasteiger partial charge is 0.398 e. The maximum atomic E-state index is 12.7. The van der Waals surface area contributed by atoms with Crippen molar-refractivity contribution in [1.29, 1.82) is 0 Å². The highest BCUT2D eigenvalue weighted by atomic mass is 16.5. The number of nitrogen functional groups attached to an aromatic ring is 1. The molecule has 24 heavy (non-hydrogen) atoms. The summed E-state index contributed by atoms with van der Waals surface area (Å²) in [5.41, 5.74) is 7.55. The average Bonchev–Trinajstić information content (AvgIpc) is 2.62. The molecule has 124 valence electrons. The second-order valence-electron chi connectivity index (χ2n) is 5.49. The molecule has 0 aromatic heterocycles. The normalized spacial score (nSPS) is 14.2. The third-order valence-electron chi connectivity index (χ3n) is 3.91. The van der Waals surface area contributed by atoms with Crippen molar-refractivity contribution in [3.8, 4) is 0 Å². The fourth-order valence-corrected chi connectivity index (χ4v) is 2.61. The summed E-state index contributed by atoms with van der Waals surface area (Å²) in [7, 11) is 0. The molecule has 1 saturated heterocycles. The summed E-state index contributed by atoms with van der Waals surface area (Å²) in [5.74, 6) is -0.453. The molecule has 0 bridgehead atoms. The Morgan fingerprint density at radius 1 is 0.958 bits per heavy atom. The highest BCUT2D eigenvalue weighted by Crippen LogP contribution is 2.20. The van der Waals surface area contributed by atoms with Crippen LogP contribution in [0.2, 0.25) is 0 Å². The Morgan fingerprint density at radius 3 is 2.29 bits per heavy atom. The van der Waals surface area contributed by atoms with E-state index < -0.39 is 0 Å². The molecule has 0 saturated carbocycles. The maximum absolute atomic E-state index is 12.7. The lowest BCUT2D eigenvalue weighted by Crippen LogP contribution is -2.41. The summed E-state index contributed by atoms with van der Waals surface area (Å²) in [6.07, 6.45) is 0. The zero-order chi connectivity index (χ0) is 16.9. The van der Waals surface area contributed by atoms with Crippen molar-refractivity contribution in [2.75, 3.05) is 37.4 Å². The minimum Gasteiger partial charge on any atom is -0.398 e. The molecule has 1 fully saturated rings. The smallest absolute Gasteiger partial charge is 0.257 e. The van der Waals surface area contributed by atoms with Gasteiger partial charge in [0.15, 0.2) is 0 Å². The zero-order valence-corrected chi connectivity index (χ0v) is 13.2. The van der Waals surface area contributed by atoms with E-state index in [0.29, 0.717) is 48.8 Å². The van der Waals surface area contributed by atoms with E-state index in [0.717, 1.165) is 0 Å². The van der Waals surface area contributed by atoms with Crippen molar-refractivity contribution in [3.63, 3.8) is 0 Å². The van der Waals surface area contributed by atoms with Crippen LogP contribution >= 0.6 is 0 Å². The number of nitrogens with zero attached hydrogens (tertiary/aromatic N) is 1. The predicted octanol–water partition coefficient (Wildman–Crippen LogP) is 1.99. The molecule has 0 spiro atoms. The van der Waals surface area contributed by atoms with Crippen LogP contribution in [0, 0.1) is 0 Å². The number of nitrogens with one attached hydrogen (secondary N) is 1. The third kappa shape index (κ3) is 3.38. The second-order valence-corrected chi connectivity index (χ2v) is 5.49. The monoisotopic (exact) mass is 325 g/mol. The molecule has 1 aliphatic heterocycles. The van der Waals surface area contributed by atoms with E-state index in [4.69, 9.17) is 10.5 Å². The molecule has 0 radical (unpaired) electrons. The Labute approximate surface area is 140 Å². The van der Waals surface area contributed by atoms with Gasteiger partial charge in [0, 0.05) is 18.8 Å². The summed E-state index contributed by atoms with van der Waals surface area (Å²) < 4.78 is 5.27. The number of hydrogen-bond donors (Lipinski definition) is 2. The minimum absolute atomic E-state index is 0.116. The molecule has 6 nitrogen and oxygen atoms in total. The molecular formula is C18H19N3O3. The topological polar surface area (TPSA) is 84.7 Å². The minimum atomic E-state index is -0.338. The summed E-state index contributed by atoms with van der Waals surface area (Å²) in [6.45, 7) is 2.15. The number of nitrogens with two attached hydrogens (primary N) is 1. The fourth-order valence-electron chi connectivity index (χ4n) is 2.61.